The lowest BCUT2D eigenvalue weighted by atomic mass is 10.0. The Bertz CT molecular complexity index is 675. The molecular formula is C13H19ClN4O5S. The van der Waals surface area contributed by atoms with Crippen molar-refractivity contribution < 1.29 is 25.5 Å². The second kappa shape index (κ2) is 8.39. The summed E-state index contributed by atoms with van der Waals surface area (Å²) in [6.45, 7) is 1.12. The number of aromatic nitrogens is 4. The van der Waals surface area contributed by atoms with Gasteiger partial charge in [-0.3, -0.25) is 4.57 Å². The second-order valence-electron chi connectivity index (χ2n) is 5.06. The maximum absolute atomic E-state index is 10.5. The number of aliphatic hydroxyl groups is 5. The maximum Gasteiger partial charge on any atom is 0.165 e. The van der Waals surface area contributed by atoms with Crippen LogP contribution in [0.4, 0.5) is 0 Å². The molecule has 24 heavy (non-hydrogen) atoms. The molecule has 0 fully saturated rings. The van der Waals surface area contributed by atoms with Gasteiger partial charge in [0.1, 0.15) is 41.6 Å². The number of hydrogen-bond donors (Lipinski definition) is 5. The molecule has 2 heterocycles. The van der Waals surface area contributed by atoms with E-state index in [1.54, 1.807) is 0 Å². The molecule has 0 saturated carbocycles. The Kier molecular flexibility index (Phi) is 6.75. The smallest absolute Gasteiger partial charge is 0.165 e. The molecule has 9 nitrogen and oxygen atoms in total. The first kappa shape index (κ1) is 19.3. The summed E-state index contributed by atoms with van der Waals surface area (Å²) in [7, 11) is 0. The summed E-state index contributed by atoms with van der Waals surface area (Å²) < 4.78 is 1.52. The van der Waals surface area contributed by atoms with Crippen molar-refractivity contribution in [1.29, 1.82) is 0 Å². The second-order valence-corrected chi connectivity index (χ2v) is 6.81. The lowest BCUT2D eigenvalue weighted by Crippen LogP contribution is -2.48. The van der Waals surface area contributed by atoms with Gasteiger partial charge in [-0.25, -0.2) is 15.0 Å². The van der Waals surface area contributed by atoms with E-state index in [0.717, 1.165) is 0 Å². The molecule has 5 N–H and O–H groups in total. The predicted octanol–water partition coefficient (Wildman–Crippen LogP) is -0.833. The van der Waals surface area contributed by atoms with E-state index in [1.807, 2.05) is 6.92 Å². The number of hydrogen-bond acceptors (Lipinski definition) is 9. The van der Waals surface area contributed by atoms with Crippen LogP contribution in [0.15, 0.2) is 12.7 Å². The molecule has 0 radical (unpaired) electrons. The van der Waals surface area contributed by atoms with Crippen LogP contribution in [-0.2, 0) is 0 Å². The Morgan fingerprint density at radius 1 is 1.12 bits per heavy atom. The van der Waals surface area contributed by atoms with Gasteiger partial charge in [0.2, 0.25) is 0 Å². The predicted molar refractivity (Wildman–Crippen MR) is 88.6 cm³/mol. The summed E-state index contributed by atoms with van der Waals surface area (Å²) in [6, 6.07) is 0. The normalized spacial score (nSPS) is 18.3. The van der Waals surface area contributed by atoms with Crippen molar-refractivity contribution in [3.63, 3.8) is 0 Å². The van der Waals surface area contributed by atoms with E-state index in [4.69, 9.17) is 16.7 Å². The van der Waals surface area contributed by atoms with Crippen molar-refractivity contribution in [2.45, 2.75) is 36.7 Å². The van der Waals surface area contributed by atoms with Crippen LogP contribution >= 0.6 is 23.4 Å². The van der Waals surface area contributed by atoms with Crippen LogP contribution in [0, 0.1) is 0 Å². The average molecular weight is 379 g/mol. The lowest BCUT2D eigenvalue weighted by molar-refractivity contribution is -0.118. The third-order valence-electron chi connectivity index (χ3n) is 3.50. The van der Waals surface area contributed by atoms with Gasteiger partial charge < -0.3 is 25.5 Å². The fraction of sp³-hybridized carbons (Fsp3) is 0.615. The highest BCUT2D eigenvalue weighted by molar-refractivity contribution is 7.99. The standard InChI is InChI=1S/C13H19ClN4O5S/c1-2-24-13(10(23)9(22)8(21)6(20)3-19)18-5-17-7-11(14)15-4-16-12(7)18/h4-6,8-10,13,19-23H,2-3H2,1H3. The Balaban J connectivity index is 2.35. The zero-order chi connectivity index (χ0) is 17.9. The van der Waals surface area contributed by atoms with Crippen molar-refractivity contribution in [2.24, 2.45) is 0 Å². The van der Waals surface area contributed by atoms with Gasteiger partial charge in [-0.15, -0.1) is 11.8 Å². The Morgan fingerprint density at radius 3 is 2.46 bits per heavy atom. The van der Waals surface area contributed by atoms with E-state index in [-0.39, 0.29) is 5.15 Å². The number of nitrogens with zero attached hydrogens (tertiary/aromatic N) is 4. The van der Waals surface area contributed by atoms with Gasteiger partial charge in [0.15, 0.2) is 10.8 Å². The van der Waals surface area contributed by atoms with Gasteiger partial charge in [0.25, 0.3) is 0 Å². The van der Waals surface area contributed by atoms with Crippen molar-refractivity contribution in [2.75, 3.05) is 12.4 Å². The van der Waals surface area contributed by atoms with Crippen LogP contribution in [0.25, 0.3) is 11.2 Å². The van der Waals surface area contributed by atoms with E-state index >= 15 is 0 Å². The molecule has 2 rings (SSSR count). The highest BCUT2D eigenvalue weighted by atomic mass is 35.5. The molecular weight excluding hydrogens is 360 g/mol. The zero-order valence-corrected chi connectivity index (χ0v) is 14.3. The first-order chi connectivity index (χ1) is 11.4. The van der Waals surface area contributed by atoms with Crippen molar-refractivity contribution >= 4 is 34.5 Å². The molecule has 0 aliphatic carbocycles. The molecule has 0 bridgehead atoms. The Morgan fingerprint density at radius 2 is 1.83 bits per heavy atom. The minimum absolute atomic E-state index is 0.157. The number of fused-ring (bicyclic) bond motifs is 1. The summed E-state index contributed by atoms with van der Waals surface area (Å²) in [5, 5.41) is 48.2. The molecule has 5 atom stereocenters. The summed E-state index contributed by atoms with van der Waals surface area (Å²) in [5.41, 5.74) is 0.711. The summed E-state index contributed by atoms with van der Waals surface area (Å²) in [5.74, 6) is 0.589. The molecule has 0 aromatic carbocycles. The SMILES string of the molecule is CCSC(C(O)C(O)C(O)C(O)CO)n1cnc2c(Cl)ncnc21. The van der Waals surface area contributed by atoms with Gasteiger partial charge in [0.05, 0.1) is 12.9 Å². The van der Waals surface area contributed by atoms with Crippen LogP contribution in [0.1, 0.15) is 12.3 Å². The fourth-order valence-corrected chi connectivity index (χ4v) is 3.42. The third kappa shape index (κ3) is 3.80. The van der Waals surface area contributed by atoms with Gasteiger partial charge >= 0.3 is 0 Å². The molecule has 2 aromatic rings. The maximum atomic E-state index is 10.5. The fourth-order valence-electron chi connectivity index (χ4n) is 2.23. The lowest BCUT2D eigenvalue weighted by Gasteiger charge is -2.31. The number of rotatable bonds is 8. The summed E-state index contributed by atoms with van der Waals surface area (Å²) >= 11 is 7.24. The highest BCUT2D eigenvalue weighted by Gasteiger charge is 2.36. The molecule has 11 heteroatoms. The quantitative estimate of drug-likeness (QED) is 0.371. The first-order valence-corrected chi connectivity index (χ1v) is 8.62. The van der Waals surface area contributed by atoms with Gasteiger partial charge in [-0.2, -0.15) is 0 Å². The number of aliphatic hydroxyl groups excluding tert-OH is 5. The van der Waals surface area contributed by atoms with Crippen LogP contribution in [-0.4, -0.2) is 81.8 Å². The summed E-state index contributed by atoms with van der Waals surface area (Å²) in [4.78, 5) is 12.0. The Labute approximate surface area is 147 Å². The average Bonchev–Trinajstić information content (AvgIpc) is 3.02. The molecule has 0 amide bonds. The zero-order valence-electron chi connectivity index (χ0n) is 12.8. The Hall–Kier alpha value is -1.01. The van der Waals surface area contributed by atoms with E-state index in [9.17, 15) is 20.4 Å². The van der Waals surface area contributed by atoms with Crippen LogP contribution in [0.5, 0.6) is 0 Å². The molecule has 0 aliphatic heterocycles. The first-order valence-electron chi connectivity index (χ1n) is 7.20. The van der Waals surface area contributed by atoms with Crippen molar-refractivity contribution in [1.82, 2.24) is 19.5 Å². The van der Waals surface area contributed by atoms with E-state index in [0.29, 0.717) is 16.9 Å². The monoisotopic (exact) mass is 378 g/mol. The van der Waals surface area contributed by atoms with Gasteiger partial charge in [0, 0.05) is 0 Å². The molecule has 2 aromatic heterocycles. The minimum atomic E-state index is -1.71. The molecule has 0 aliphatic rings. The number of imidazole rings is 1. The van der Waals surface area contributed by atoms with Crippen molar-refractivity contribution in [3.8, 4) is 0 Å². The van der Waals surface area contributed by atoms with Crippen LogP contribution in [0.3, 0.4) is 0 Å². The van der Waals surface area contributed by atoms with E-state index in [1.165, 1.54) is 29.0 Å². The van der Waals surface area contributed by atoms with Crippen molar-refractivity contribution in [3.05, 3.63) is 17.8 Å². The number of thioether (sulfide) groups is 1. The molecule has 134 valence electrons. The highest BCUT2D eigenvalue weighted by Crippen LogP contribution is 2.32. The van der Waals surface area contributed by atoms with Crippen LogP contribution in [0.2, 0.25) is 5.15 Å². The molecule has 0 saturated heterocycles. The van der Waals surface area contributed by atoms with Gasteiger partial charge in [-0.05, 0) is 5.75 Å². The third-order valence-corrected chi connectivity index (χ3v) is 4.96. The van der Waals surface area contributed by atoms with E-state index < -0.39 is 36.4 Å². The minimum Gasteiger partial charge on any atom is -0.394 e. The topological polar surface area (TPSA) is 145 Å². The van der Waals surface area contributed by atoms with E-state index in [2.05, 4.69) is 15.0 Å². The number of halogens is 1. The summed E-state index contributed by atoms with van der Waals surface area (Å²) in [6.07, 6.45) is -3.77. The largest absolute Gasteiger partial charge is 0.394 e. The van der Waals surface area contributed by atoms with Crippen LogP contribution < -0.4 is 0 Å². The molecule has 0 spiro atoms. The molecule has 5 unspecified atom stereocenters. The van der Waals surface area contributed by atoms with Gasteiger partial charge in [-0.1, -0.05) is 18.5 Å².